The minimum Gasteiger partial charge on any atom is -0.476 e. The fourth-order valence-corrected chi connectivity index (χ4v) is 1.62. The lowest BCUT2D eigenvalue weighted by Gasteiger charge is -2.12. The monoisotopic (exact) mass is 292 g/mol. The molecule has 0 bridgehead atoms. The summed E-state index contributed by atoms with van der Waals surface area (Å²) in [5.41, 5.74) is 4.74. The first kappa shape index (κ1) is 15.5. The molecule has 3 nitrogen and oxygen atoms in total. The predicted molar refractivity (Wildman–Crippen MR) is 68.5 cm³/mol. The molecule has 1 aromatic carbocycles. The number of hydrogen-bond acceptors (Lipinski definition) is 3. The molecule has 7 heteroatoms. The fourth-order valence-electron chi connectivity index (χ4n) is 1.62. The molecule has 0 aliphatic rings. The van der Waals surface area contributed by atoms with E-state index in [1.165, 1.54) is 12.1 Å². The number of pyridine rings is 1. The second-order valence-corrected chi connectivity index (χ2v) is 3.66. The predicted octanol–water partition coefficient (Wildman–Crippen LogP) is 3.01. The molecule has 0 aliphatic heterocycles. The molecule has 0 spiro atoms. The van der Waals surface area contributed by atoms with Crippen LogP contribution >= 0.6 is 12.4 Å². The smallest absolute Gasteiger partial charge is 0.417 e. The number of alkyl halides is 3. The van der Waals surface area contributed by atoms with Gasteiger partial charge in [0.15, 0.2) is 0 Å². The lowest BCUT2D eigenvalue weighted by molar-refractivity contribution is -0.136. The van der Waals surface area contributed by atoms with Crippen LogP contribution < -0.4 is 10.5 Å². The molecule has 19 heavy (non-hydrogen) atoms. The largest absolute Gasteiger partial charge is 0.476 e. The highest BCUT2D eigenvalue weighted by atomic mass is 35.5. The number of benzene rings is 1. The van der Waals surface area contributed by atoms with Crippen LogP contribution in [-0.2, 0) is 6.18 Å². The van der Waals surface area contributed by atoms with Gasteiger partial charge < -0.3 is 10.5 Å². The average molecular weight is 293 g/mol. The van der Waals surface area contributed by atoms with Gasteiger partial charge in [-0.25, -0.2) is 4.98 Å². The number of nitrogens with two attached hydrogens (primary N) is 1. The van der Waals surface area contributed by atoms with Crippen LogP contribution in [0.5, 0.6) is 5.88 Å². The summed E-state index contributed by atoms with van der Waals surface area (Å²) in [6.07, 6.45) is -4.44. The Morgan fingerprint density at radius 1 is 1.21 bits per heavy atom. The van der Waals surface area contributed by atoms with Gasteiger partial charge in [-0.3, -0.25) is 0 Å². The maximum absolute atomic E-state index is 12.9. The number of para-hydroxylation sites is 1. The zero-order valence-corrected chi connectivity index (χ0v) is 10.6. The Morgan fingerprint density at radius 3 is 2.53 bits per heavy atom. The standard InChI is InChI=1S/C12H11F3N2O.ClH/c13-12(14,15)9-7-11(18-6-5-16)17-10-4-2-1-3-8(9)10;/h1-4,7H,5-6,16H2;1H. The van der Waals surface area contributed by atoms with E-state index in [-0.39, 0.29) is 42.3 Å². The Hall–Kier alpha value is -1.53. The summed E-state index contributed by atoms with van der Waals surface area (Å²) < 4.78 is 43.8. The van der Waals surface area contributed by atoms with Crippen molar-refractivity contribution in [2.75, 3.05) is 13.2 Å². The maximum Gasteiger partial charge on any atom is 0.417 e. The van der Waals surface area contributed by atoms with Gasteiger partial charge in [-0.05, 0) is 6.07 Å². The third-order valence-corrected chi connectivity index (χ3v) is 2.37. The Labute approximate surface area is 114 Å². The van der Waals surface area contributed by atoms with E-state index < -0.39 is 11.7 Å². The summed E-state index contributed by atoms with van der Waals surface area (Å²) in [6.45, 7) is 0.346. The van der Waals surface area contributed by atoms with E-state index in [1.54, 1.807) is 12.1 Å². The molecule has 0 saturated heterocycles. The minimum absolute atomic E-state index is 0. The van der Waals surface area contributed by atoms with Crippen molar-refractivity contribution in [1.82, 2.24) is 4.98 Å². The van der Waals surface area contributed by atoms with E-state index in [9.17, 15) is 13.2 Å². The van der Waals surface area contributed by atoms with Gasteiger partial charge in [0.05, 0.1) is 11.1 Å². The zero-order chi connectivity index (χ0) is 13.2. The third-order valence-electron chi connectivity index (χ3n) is 2.37. The van der Waals surface area contributed by atoms with Gasteiger partial charge in [-0.15, -0.1) is 12.4 Å². The van der Waals surface area contributed by atoms with Crippen molar-refractivity contribution >= 4 is 23.3 Å². The van der Waals surface area contributed by atoms with E-state index in [0.29, 0.717) is 0 Å². The first-order valence-corrected chi connectivity index (χ1v) is 5.32. The van der Waals surface area contributed by atoms with Crippen molar-refractivity contribution in [3.63, 3.8) is 0 Å². The van der Waals surface area contributed by atoms with Crippen LogP contribution in [0.4, 0.5) is 13.2 Å². The quantitative estimate of drug-likeness (QED) is 0.946. The van der Waals surface area contributed by atoms with E-state index in [1.807, 2.05) is 0 Å². The van der Waals surface area contributed by atoms with Crippen molar-refractivity contribution in [3.8, 4) is 5.88 Å². The molecule has 2 N–H and O–H groups in total. The SMILES string of the molecule is Cl.NCCOc1cc(C(F)(F)F)c2ccccc2n1. The molecule has 1 heterocycles. The average Bonchev–Trinajstić information content (AvgIpc) is 2.34. The lowest BCUT2D eigenvalue weighted by atomic mass is 10.1. The number of aromatic nitrogens is 1. The molecular formula is C12H12ClF3N2O. The first-order valence-electron chi connectivity index (χ1n) is 5.32. The number of halogens is 4. The molecule has 0 aliphatic carbocycles. The Bertz CT molecular complexity index is 560. The van der Waals surface area contributed by atoms with Crippen molar-refractivity contribution in [1.29, 1.82) is 0 Å². The summed E-state index contributed by atoms with van der Waals surface area (Å²) in [4.78, 5) is 4.01. The number of hydrogen-bond donors (Lipinski definition) is 1. The maximum atomic E-state index is 12.9. The summed E-state index contributed by atoms with van der Waals surface area (Å²) in [5.74, 6) is -0.0634. The molecule has 2 rings (SSSR count). The number of ether oxygens (including phenoxy) is 1. The van der Waals surface area contributed by atoms with Crippen molar-refractivity contribution in [2.45, 2.75) is 6.18 Å². The van der Waals surface area contributed by atoms with Crippen LogP contribution in [0, 0.1) is 0 Å². The van der Waals surface area contributed by atoms with E-state index in [0.717, 1.165) is 6.07 Å². The first-order chi connectivity index (χ1) is 8.52. The molecule has 0 radical (unpaired) electrons. The van der Waals surface area contributed by atoms with Gasteiger partial charge in [0.2, 0.25) is 5.88 Å². The van der Waals surface area contributed by atoms with Crippen molar-refractivity contribution in [2.24, 2.45) is 5.73 Å². The topological polar surface area (TPSA) is 48.1 Å². The summed E-state index contributed by atoms with van der Waals surface area (Å²) in [5, 5.41) is 0.0603. The van der Waals surface area contributed by atoms with Gasteiger partial charge in [-0.2, -0.15) is 13.2 Å². The molecule has 2 aromatic rings. The molecule has 0 atom stereocenters. The second-order valence-electron chi connectivity index (χ2n) is 3.66. The second kappa shape index (κ2) is 6.08. The number of rotatable bonds is 3. The lowest BCUT2D eigenvalue weighted by Crippen LogP contribution is -2.13. The Kier molecular flexibility index (Phi) is 4.97. The normalized spacial score (nSPS) is 11.2. The molecule has 0 unspecified atom stereocenters. The number of nitrogens with zero attached hydrogens (tertiary/aromatic N) is 1. The highest BCUT2D eigenvalue weighted by molar-refractivity contribution is 5.85. The van der Waals surface area contributed by atoms with Crippen LogP contribution in [0.3, 0.4) is 0 Å². The Balaban J connectivity index is 0.00000180. The molecule has 0 amide bonds. The van der Waals surface area contributed by atoms with Gasteiger partial charge >= 0.3 is 6.18 Å². The zero-order valence-electron chi connectivity index (χ0n) is 9.78. The van der Waals surface area contributed by atoms with Crippen LogP contribution in [0.1, 0.15) is 5.56 Å². The van der Waals surface area contributed by atoms with Gasteiger partial charge in [0, 0.05) is 18.0 Å². The van der Waals surface area contributed by atoms with Gasteiger partial charge in [0.1, 0.15) is 6.61 Å². The summed E-state index contributed by atoms with van der Waals surface area (Å²) in [6, 6.07) is 6.97. The molecule has 104 valence electrons. The van der Waals surface area contributed by atoms with E-state index in [4.69, 9.17) is 10.5 Å². The van der Waals surface area contributed by atoms with Gasteiger partial charge in [0.25, 0.3) is 0 Å². The highest BCUT2D eigenvalue weighted by Crippen LogP contribution is 2.36. The molecule has 0 fully saturated rings. The third kappa shape index (κ3) is 3.48. The van der Waals surface area contributed by atoms with Crippen LogP contribution in [0.2, 0.25) is 0 Å². The number of fused-ring (bicyclic) bond motifs is 1. The van der Waals surface area contributed by atoms with E-state index in [2.05, 4.69) is 4.98 Å². The van der Waals surface area contributed by atoms with Crippen molar-refractivity contribution in [3.05, 3.63) is 35.9 Å². The molecule has 0 saturated carbocycles. The van der Waals surface area contributed by atoms with Crippen LogP contribution in [-0.4, -0.2) is 18.1 Å². The van der Waals surface area contributed by atoms with Crippen LogP contribution in [0.15, 0.2) is 30.3 Å². The minimum atomic E-state index is -4.44. The highest BCUT2D eigenvalue weighted by Gasteiger charge is 2.33. The molecular weight excluding hydrogens is 281 g/mol. The van der Waals surface area contributed by atoms with Gasteiger partial charge in [-0.1, -0.05) is 18.2 Å². The summed E-state index contributed by atoms with van der Waals surface area (Å²) in [7, 11) is 0. The molecule has 1 aromatic heterocycles. The summed E-state index contributed by atoms with van der Waals surface area (Å²) >= 11 is 0. The van der Waals surface area contributed by atoms with E-state index >= 15 is 0 Å². The van der Waals surface area contributed by atoms with Crippen LogP contribution in [0.25, 0.3) is 10.9 Å². The van der Waals surface area contributed by atoms with Crippen molar-refractivity contribution < 1.29 is 17.9 Å². The fraction of sp³-hybridized carbons (Fsp3) is 0.250. The Morgan fingerprint density at radius 2 is 1.89 bits per heavy atom.